The van der Waals surface area contributed by atoms with E-state index in [-0.39, 0.29) is 5.92 Å². The number of allylic oxidation sites excluding steroid dienone is 2. The van der Waals surface area contributed by atoms with Crippen LogP contribution in [0.4, 0.5) is 0 Å². The van der Waals surface area contributed by atoms with Gasteiger partial charge in [0.15, 0.2) is 0 Å². The van der Waals surface area contributed by atoms with Crippen molar-refractivity contribution >= 4 is 17.9 Å². The first kappa shape index (κ1) is 10.1. The van der Waals surface area contributed by atoms with Crippen molar-refractivity contribution < 1.29 is 4.79 Å². The SMILES string of the molecule is O=C[C@H]1[C@H](c2ccc(Cl)cc2)[C@@H]2C=C[C@H]1C2. The second-order valence-corrected chi connectivity index (χ2v) is 5.18. The van der Waals surface area contributed by atoms with Gasteiger partial charge in [-0.3, -0.25) is 0 Å². The highest BCUT2D eigenvalue weighted by molar-refractivity contribution is 6.30. The zero-order valence-electron chi connectivity index (χ0n) is 8.84. The predicted molar refractivity (Wildman–Crippen MR) is 64.5 cm³/mol. The van der Waals surface area contributed by atoms with E-state index >= 15 is 0 Å². The zero-order chi connectivity index (χ0) is 11.1. The zero-order valence-corrected chi connectivity index (χ0v) is 9.60. The summed E-state index contributed by atoms with van der Waals surface area (Å²) in [5.41, 5.74) is 1.25. The van der Waals surface area contributed by atoms with Gasteiger partial charge in [0, 0.05) is 16.9 Å². The molecule has 0 aromatic heterocycles. The van der Waals surface area contributed by atoms with Crippen molar-refractivity contribution in [1.82, 2.24) is 0 Å². The number of rotatable bonds is 2. The summed E-state index contributed by atoms with van der Waals surface area (Å²) in [5, 5.41) is 0.755. The summed E-state index contributed by atoms with van der Waals surface area (Å²) in [6.45, 7) is 0. The van der Waals surface area contributed by atoms with Crippen LogP contribution in [0.5, 0.6) is 0 Å². The first-order valence-corrected chi connectivity index (χ1v) is 6.06. The molecule has 4 atom stereocenters. The molecule has 0 amide bonds. The third-order valence-electron chi connectivity index (χ3n) is 3.93. The van der Waals surface area contributed by atoms with Crippen molar-refractivity contribution in [2.75, 3.05) is 0 Å². The quantitative estimate of drug-likeness (QED) is 0.564. The van der Waals surface area contributed by atoms with Crippen molar-refractivity contribution in [1.29, 1.82) is 0 Å². The third kappa shape index (κ3) is 1.42. The highest BCUT2D eigenvalue weighted by atomic mass is 35.5. The summed E-state index contributed by atoms with van der Waals surface area (Å²) in [7, 11) is 0. The van der Waals surface area contributed by atoms with Gasteiger partial charge in [-0.1, -0.05) is 35.9 Å². The molecule has 82 valence electrons. The van der Waals surface area contributed by atoms with Gasteiger partial charge in [0.25, 0.3) is 0 Å². The molecule has 1 fully saturated rings. The molecule has 2 heteroatoms. The number of halogens is 1. The number of carbonyl (C=O) groups excluding carboxylic acids is 1. The molecule has 0 heterocycles. The minimum atomic E-state index is 0.163. The Morgan fingerprint density at radius 3 is 2.50 bits per heavy atom. The Bertz CT molecular complexity index is 435. The smallest absolute Gasteiger partial charge is 0.124 e. The van der Waals surface area contributed by atoms with Crippen LogP contribution in [0.3, 0.4) is 0 Å². The third-order valence-corrected chi connectivity index (χ3v) is 4.18. The van der Waals surface area contributed by atoms with Crippen molar-refractivity contribution in [3.63, 3.8) is 0 Å². The number of benzene rings is 1. The van der Waals surface area contributed by atoms with Crippen LogP contribution >= 0.6 is 11.6 Å². The van der Waals surface area contributed by atoms with Gasteiger partial charge in [0.2, 0.25) is 0 Å². The summed E-state index contributed by atoms with van der Waals surface area (Å²) in [6, 6.07) is 7.93. The largest absolute Gasteiger partial charge is 0.303 e. The average molecular weight is 233 g/mol. The molecule has 0 N–H and O–H groups in total. The van der Waals surface area contributed by atoms with E-state index in [1.165, 1.54) is 5.56 Å². The van der Waals surface area contributed by atoms with Crippen molar-refractivity contribution in [2.45, 2.75) is 12.3 Å². The Kier molecular flexibility index (Phi) is 2.36. The molecule has 1 aromatic carbocycles. The number of aldehydes is 1. The van der Waals surface area contributed by atoms with E-state index in [9.17, 15) is 4.79 Å². The van der Waals surface area contributed by atoms with Crippen LogP contribution in [0, 0.1) is 17.8 Å². The topological polar surface area (TPSA) is 17.1 Å². The lowest BCUT2D eigenvalue weighted by molar-refractivity contribution is -0.112. The second-order valence-electron chi connectivity index (χ2n) is 4.74. The Labute approximate surface area is 100 Å². The van der Waals surface area contributed by atoms with Crippen LogP contribution in [0.25, 0.3) is 0 Å². The van der Waals surface area contributed by atoms with Gasteiger partial charge in [-0.05, 0) is 36.0 Å². The fourth-order valence-corrected chi connectivity index (χ4v) is 3.33. The van der Waals surface area contributed by atoms with Gasteiger partial charge < -0.3 is 4.79 Å². The lowest BCUT2D eigenvalue weighted by Gasteiger charge is -2.24. The average Bonchev–Trinajstić information content (AvgIpc) is 2.89. The minimum Gasteiger partial charge on any atom is -0.303 e. The van der Waals surface area contributed by atoms with Crippen LogP contribution in [0.1, 0.15) is 17.9 Å². The number of hydrogen-bond donors (Lipinski definition) is 0. The molecule has 3 rings (SSSR count). The Hall–Kier alpha value is -1.08. The number of hydrogen-bond acceptors (Lipinski definition) is 1. The highest BCUT2D eigenvalue weighted by Gasteiger charge is 2.44. The van der Waals surface area contributed by atoms with Crippen LogP contribution < -0.4 is 0 Å². The molecule has 0 saturated heterocycles. The van der Waals surface area contributed by atoms with Gasteiger partial charge >= 0.3 is 0 Å². The molecule has 0 spiro atoms. The fraction of sp³-hybridized carbons (Fsp3) is 0.357. The predicted octanol–water partition coefficient (Wildman–Crippen LogP) is 3.44. The molecule has 0 radical (unpaired) electrons. The van der Waals surface area contributed by atoms with E-state index in [0.29, 0.717) is 17.8 Å². The van der Waals surface area contributed by atoms with E-state index in [4.69, 9.17) is 11.6 Å². The van der Waals surface area contributed by atoms with Gasteiger partial charge in [0.1, 0.15) is 6.29 Å². The summed E-state index contributed by atoms with van der Waals surface area (Å²) < 4.78 is 0. The van der Waals surface area contributed by atoms with Gasteiger partial charge in [-0.15, -0.1) is 0 Å². The van der Waals surface area contributed by atoms with E-state index in [1.54, 1.807) is 0 Å². The summed E-state index contributed by atoms with van der Waals surface area (Å²) in [6.07, 6.45) is 6.74. The molecule has 1 nitrogen and oxygen atoms in total. The van der Waals surface area contributed by atoms with Crippen molar-refractivity contribution in [2.24, 2.45) is 17.8 Å². The lowest BCUT2D eigenvalue weighted by atomic mass is 9.79. The van der Waals surface area contributed by atoms with Crippen LogP contribution in [0.15, 0.2) is 36.4 Å². The standard InChI is InChI=1S/C14H13ClO/c15-12-5-3-9(4-6-12)14-11-2-1-10(7-11)13(14)8-16/h1-6,8,10-11,13-14H,7H2/t10-,11+,13+,14+/m0/s1. The molecule has 2 aliphatic rings. The highest BCUT2D eigenvalue weighted by Crippen LogP contribution is 2.52. The summed E-state index contributed by atoms with van der Waals surface area (Å²) in [5.74, 6) is 1.53. The van der Waals surface area contributed by atoms with Crippen molar-refractivity contribution in [3.8, 4) is 0 Å². The van der Waals surface area contributed by atoms with E-state index in [0.717, 1.165) is 17.7 Å². The van der Waals surface area contributed by atoms with Gasteiger partial charge in [-0.2, -0.15) is 0 Å². The minimum absolute atomic E-state index is 0.163. The van der Waals surface area contributed by atoms with Gasteiger partial charge in [-0.25, -0.2) is 0 Å². The monoisotopic (exact) mass is 232 g/mol. The lowest BCUT2D eigenvalue weighted by Crippen LogP contribution is -2.18. The van der Waals surface area contributed by atoms with Crippen LogP contribution in [-0.2, 0) is 4.79 Å². The van der Waals surface area contributed by atoms with Crippen LogP contribution in [-0.4, -0.2) is 6.29 Å². The maximum atomic E-state index is 11.2. The molecule has 0 unspecified atom stereocenters. The molecular formula is C14H13ClO. The van der Waals surface area contributed by atoms with E-state index in [2.05, 4.69) is 24.3 Å². The molecule has 1 saturated carbocycles. The van der Waals surface area contributed by atoms with E-state index in [1.807, 2.05) is 12.1 Å². The molecule has 2 bridgehead atoms. The Morgan fingerprint density at radius 2 is 1.81 bits per heavy atom. The van der Waals surface area contributed by atoms with E-state index < -0.39 is 0 Å². The Balaban J connectivity index is 1.97. The van der Waals surface area contributed by atoms with Crippen molar-refractivity contribution in [3.05, 3.63) is 47.0 Å². The molecule has 1 aromatic rings. The number of carbonyl (C=O) groups is 1. The number of fused-ring (bicyclic) bond motifs is 2. The van der Waals surface area contributed by atoms with Crippen LogP contribution in [0.2, 0.25) is 5.02 Å². The first-order chi connectivity index (χ1) is 7.79. The summed E-state index contributed by atoms with van der Waals surface area (Å²) >= 11 is 5.88. The molecule has 0 aliphatic heterocycles. The molecular weight excluding hydrogens is 220 g/mol. The molecule has 16 heavy (non-hydrogen) atoms. The maximum Gasteiger partial charge on any atom is 0.124 e. The summed E-state index contributed by atoms with van der Waals surface area (Å²) in [4.78, 5) is 11.2. The molecule has 2 aliphatic carbocycles. The Morgan fingerprint density at radius 1 is 1.12 bits per heavy atom. The second kappa shape index (κ2) is 3.74. The first-order valence-electron chi connectivity index (χ1n) is 5.68. The maximum absolute atomic E-state index is 11.2. The fourth-order valence-electron chi connectivity index (χ4n) is 3.20. The van der Waals surface area contributed by atoms with Gasteiger partial charge in [0.05, 0.1) is 0 Å². The normalized spacial score (nSPS) is 35.6.